The van der Waals surface area contributed by atoms with E-state index in [2.05, 4.69) is 40.3 Å². The summed E-state index contributed by atoms with van der Waals surface area (Å²) in [5, 5.41) is 13.7. The van der Waals surface area contributed by atoms with E-state index in [1.165, 1.54) is 5.56 Å². The Bertz CT molecular complexity index is 374. The van der Waals surface area contributed by atoms with Crippen LogP contribution >= 0.6 is 15.9 Å². The zero-order chi connectivity index (χ0) is 12.3. The molecular formula is C14H20BrNO. The number of benzene rings is 1. The molecule has 1 aliphatic carbocycles. The summed E-state index contributed by atoms with van der Waals surface area (Å²) < 4.78 is 1.10. The second-order valence-electron chi connectivity index (χ2n) is 5.09. The molecule has 0 aliphatic heterocycles. The van der Waals surface area contributed by atoms with Crippen LogP contribution < -0.4 is 5.32 Å². The van der Waals surface area contributed by atoms with Crippen molar-refractivity contribution in [3.63, 3.8) is 0 Å². The van der Waals surface area contributed by atoms with Crippen LogP contribution in [0.4, 0.5) is 0 Å². The fraction of sp³-hybridized carbons (Fsp3) is 0.571. The van der Waals surface area contributed by atoms with Crippen LogP contribution in [0.15, 0.2) is 28.7 Å². The highest BCUT2D eigenvalue weighted by atomic mass is 79.9. The van der Waals surface area contributed by atoms with E-state index in [4.69, 9.17) is 0 Å². The number of rotatable bonds is 4. The second kappa shape index (κ2) is 5.51. The molecule has 1 aliphatic rings. The smallest absolute Gasteiger partial charge is 0.0771 e. The first-order chi connectivity index (χ1) is 8.09. The van der Waals surface area contributed by atoms with Gasteiger partial charge in [0, 0.05) is 17.1 Å². The Labute approximate surface area is 112 Å². The molecule has 2 rings (SSSR count). The van der Waals surface area contributed by atoms with E-state index in [-0.39, 0.29) is 6.04 Å². The standard InChI is InChI=1S/C14H20BrNO/c1-11(12-5-4-6-13(15)9-12)16-10-14(17)7-2-3-8-14/h4-6,9,11,16-17H,2-3,7-8,10H2,1H3/t11-/m1/s1. The molecule has 2 N–H and O–H groups in total. The third kappa shape index (κ3) is 3.54. The molecule has 94 valence electrons. The molecule has 1 fully saturated rings. The van der Waals surface area contributed by atoms with Crippen molar-refractivity contribution in [1.29, 1.82) is 0 Å². The van der Waals surface area contributed by atoms with Crippen molar-refractivity contribution < 1.29 is 5.11 Å². The zero-order valence-electron chi connectivity index (χ0n) is 10.2. The lowest BCUT2D eigenvalue weighted by atomic mass is 10.0. The highest BCUT2D eigenvalue weighted by Crippen LogP contribution is 2.29. The van der Waals surface area contributed by atoms with Gasteiger partial charge in [0.1, 0.15) is 0 Å². The topological polar surface area (TPSA) is 32.3 Å². The average molecular weight is 298 g/mol. The van der Waals surface area contributed by atoms with Crippen LogP contribution in [0.1, 0.15) is 44.2 Å². The van der Waals surface area contributed by atoms with Gasteiger partial charge in [-0.3, -0.25) is 0 Å². The van der Waals surface area contributed by atoms with Gasteiger partial charge >= 0.3 is 0 Å². The van der Waals surface area contributed by atoms with Crippen molar-refractivity contribution in [3.05, 3.63) is 34.3 Å². The van der Waals surface area contributed by atoms with Crippen LogP contribution in [0.3, 0.4) is 0 Å². The fourth-order valence-electron chi connectivity index (χ4n) is 2.45. The maximum absolute atomic E-state index is 10.3. The Morgan fingerprint density at radius 1 is 1.41 bits per heavy atom. The maximum Gasteiger partial charge on any atom is 0.0771 e. The molecule has 1 aromatic rings. The minimum absolute atomic E-state index is 0.275. The van der Waals surface area contributed by atoms with Gasteiger partial charge in [-0.2, -0.15) is 0 Å². The lowest BCUT2D eigenvalue weighted by Crippen LogP contribution is -2.39. The van der Waals surface area contributed by atoms with E-state index in [1.807, 2.05) is 12.1 Å². The summed E-state index contributed by atoms with van der Waals surface area (Å²) in [6.07, 6.45) is 4.18. The van der Waals surface area contributed by atoms with Crippen LogP contribution in [0.5, 0.6) is 0 Å². The van der Waals surface area contributed by atoms with Crippen molar-refractivity contribution in [2.45, 2.75) is 44.2 Å². The van der Waals surface area contributed by atoms with Gasteiger partial charge in [-0.05, 0) is 37.5 Å². The number of hydrogen-bond acceptors (Lipinski definition) is 2. The van der Waals surface area contributed by atoms with E-state index < -0.39 is 5.60 Å². The molecule has 3 heteroatoms. The van der Waals surface area contributed by atoms with Crippen LogP contribution in [0, 0.1) is 0 Å². The average Bonchev–Trinajstić information content (AvgIpc) is 2.74. The summed E-state index contributed by atoms with van der Waals surface area (Å²) in [5.74, 6) is 0. The summed E-state index contributed by atoms with van der Waals surface area (Å²) in [4.78, 5) is 0. The van der Waals surface area contributed by atoms with E-state index in [0.29, 0.717) is 6.54 Å². The Hall–Kier alpha value is -0.380. The van der Waals surface area contributed by atoms with Crippen LogP contribution in [0.2, 0.25) is 0 Å². The van der Waals surface area contributed by atoms with Crippen molar-refractivity contribution in [2.75, 3.05) is 6.54 Å². The van der Waals surface area contributed by atoms with Gasteiger partial charge in [0.05, 0.1) is 5.60 Å². The monoisotopic (exact) mass is 297 g/mol. The number of hydrogen-bond donors (Lipinski definition) is 2. The molecule has 1 saturated carbocycles. The Morgan fingerprint density at radius 2 is 2.12 bits per heavy atom. The Morgan fingerprint density at radius 3 is 2.76 bits per heavy atom. The Balaban J connectivity index is 1.91. The number of aliphatic hydroxyl groups is 1. The fourth-order valence-corrected chi connectivity index (χ4v) is 2.86. The van der Waals surface area contributed by atoms with Gasteiger partial charge in [-0.15, -0.1) is 0 Å². The van der Waals surface area contributed by atoms with Crippen molar-refractivity contribution in [2.24, 2.45) is 0 Å². The number of halogens is 1. The molecule has 1 aromatic carbocycles. The molecular weight excluding hydrogens is 278 g/mol. The van der Waals surface area contributed by atoms with Crippen LogP contribution in [-0.4, -0.2) is 17.3 Å². The van der Waals surface area contributed by atoms with E-state index >= 15 is 0 Å². The predicted molar refractivity (Wildman–Crippen MR) is 74.0 cm³/mol. The zero-order valence-corrected chi connectivity index (χ0v) is 11.8. The van der Waals surface area contributed by atoms with Gasteiger partial charge < -0.3 is 10.4 Å². The molecule has 0 amide bonds. The van der Waals surface area contributed by atoms with E-state index in [1.54, 1.807) is 0 Å². The van der Waals surface area contributed by atoms with Gasteiger partial charge in [0.15, 0.2) is 0 Å². The third-order valence-corrected chi connectivity index (χ3v) is 4.11. The van der Waals surface area contributed by atoms with Crippen LogP contribution in [0.25, 0.3) is 0 Å². The first-order valence-corrected chi connectivity index (χ1v) is 7.10. The maximum atomic E-state index is 10.3. The predicted octanol–water partition coefficient (Wildman–Crippen LogP) is 3.40. The molecule has 0 aromatic heterocycles. The quantitative estimate of drug-likeness (QED) is 0.893. The lowest BCUT2D eigenvalue weighted by Gasteiger charge is -2.25. The minimum Gasteiger partial charge on any atom is -0.389 e. The third-order valence-electron chi connectivity index (χ3n) is 3.62. The molecule has 0 saturated heterocycles. The van der Waals surface area contributed by atoms with Crippen molar-refractivity contribution in [3.8, 4) is 0 Å². The van der Waals surface area contributed by atoms with Crippen molar-refractivity contribution >= 4 is 15.9 Å². The van der Waals surface area contributed by atoms with Gasteiger partial charge in [0.2, 0.25) is 0 Å². The molecule has 1 atom stereocenters. The van der Waals surface area contributed by atoms with Gasteiger partial charge in [-0.1, -0.05) is 40.9 Å². The summed E-state index contributed by atoms with van der Waals surface area (Å²) in [6, 6.07) is 8.58. The summed E-state index contributed by atoms with van der Waals surface area (Å²) >= 11 is 3.48. The minimum atomic E-state index is -0.472. The van der Waals surface area contributed by atoms with Crippen LogP contribution in [-0.2, 0) is 0 Å². The molecule has 0 bridgehead atoms. The summed E-state index contributed by atoms with van der Waals surface area (Å²) in [7, 11) is 0. The summed E-state index contributed by atoms with van der Waals surface area (Å²) in [5.41, 5.74) is 0.779. The van der Waals surface area contributed by atoms with Crippen molar-refractivity contribution in [1.82, 2.24) is 5.32 Å². The molecule has 0 heterocycles. The second-order valence-corrected chi connectivity index (χ2v) is 6.00. The largest absolute Gasteiger partial charge is 0.389 e. The highest BCUT2D eigenvalue weighted by Gasteiger charge is 2.30. The molecule has 2 nitrogen and oxygen atoms in total. The first kappa shape index (κ1) is 13.1. The first-order valence-electron chi connectivity index (χ1n) is 6.30. The normalized spacial score (nSPS) is 20.4. The molecule has 0 spiro atoms. The molecule has 0 unspecified atom stereocenters. The van der Waals surface area contributed by atoms with Gasteiger partial charge in [-0.25, -0.2) is 0 Å². The number of nitrogens with one attached hydrogen (secondary N) is 1. The summed E-state index contributed by atoms with van der Waals surface area (Å²) in [6.45, 7) is 2.83. The molecule has 17 heavy (non-hydrogen) atoms. The highest BCUT2D eigenvalue weighted by molar-refractivity contribution is 9.10. The van der Waals surface area contributed by atoms with E-state index in [9.17, 15) is 5.11 Å². The van der Waals surface area contributed by atoms with E-state index in [0.717, 1.165) is 30.2 Å². The Kier molecular flexibility index (Phi) is 4.23. The SMILES string of the molecule is C[C@@H](NCC1(O)CCCC1)c1cccc(Br)c1. The molecule has 0 radical (unpaired) electrons. The van der Waals surface area contributed by atoms with Gasteiger partial charge in [0.25, 0.3) is 0 Å². The lowest BCUT2D eigenvalue weighted by molar-refractivity contribution is 0.0453.